The number of piperidine rings is 1. The summed E-state index contributed by atoms with van der Waals surface area (Å²) in [6.07, 6.45) is 3.09. The predicted octanol–water partition coefficient (Wildman–Crippen LogP) is 1.80. The van der Waals surface area contributed by atoms with E-state index in [4.69, 9.17) is 4.74 Å². The van der Waals surface area contributed by atoms with Gasteiger partial charge in [0.05, 0.1) is 17.7 Å². The molecular formula is C16H23N3O2S. The van der Waals surface area contributed by atoms with Crippen molar-refractivity contribution in [3.05, 3.63) is 28.7 Å². The van der Waals surface area contributed by atoms with E-state index in [9.17, 15) is 4.79 Å². The van der Waals surface area contributed by atoms with E-state index in [1.165, 1.54) is 11.3 Å². The van der Waals surface area contributed by atoms with Crippen molar-refractivity contribution >= 4 is 17.2 Å². The van der Waals surface area contributed by atoms with E-state index in [0.29, 0.717) is 18.2 Å². The molecule has 0 saturated carbocycles. The Labute approximate surface area is 135 Å². The Morgan fingerprint density at radius 2 is 2.41 bits per heavy atom. The van der Waals surface area contributed by atoms with Gasteiger partial charge >= 0.3 is 0 Å². The van der Waals surface area contributed by atoms with E-state index in [-0.39, 0.29) is 12.0 Å². The van der Waals surface area contributed by atoms with Crippen LogP contribution in [0.5, 0.6) is 0 Å². The summed E-state index contributed by atoms with van der Waals surface area (Å²) in [5.41, 5.74) is 0.572. The number of hydrogen-bond acceptors (Lipinski definition) is 5. The van der Waals surface area contributed by atoms with Gasteiger partial charge in [-0.1, -0.05) is 6.08 Å². The third-order valence-corrected chi connectivity index (χ3v) is 5.21. The van der Waals surface area contributed by atoms with E-state index >= 15 is 0 Å². The topological polar surface area (TPSA) is 45.7 Å². The molecule has 0 bridgehead atoms. The lowest BCUT2D eigenvalue weighted by molar-refractivity contribution is -0.0172. The molecule has 6 heteroatoms. The summed E-state index contributed by atoms with van der Waals surface area (Å²) in [5.74, 6) is 0.544. The lowest BCUT2D eigenvalue weighted by Crippen LogP contribution is -2.49. The molecule has 0 aliphatic carbocycles. The van der Waals surface area contributed by atoms with Crippen molar-refractivity contribution in [2.45, 2.75) is 19.4 Å². The summed E-state index contributed by atoms with van der Waals surface area (Å²) in [6.45, 7) is 10.8. The van der Waals surface area contributed by atoms with Crippen LogP contribution in [0.15, 0.2) is 18.0 Å². The highest BCUT2D eigenvalue weighted by atomic mass is 32.1. The first-order valence-electron chi connectivity index (χ1n) is 7.83. The number of carbonyl (C=O) groups excluding carboxylic acids is 1. The third-order valence-electron chi connectivity index (χ3n) is 4.44. The maximum Gasteiger partial charge on any atom is 0.273 e. The summed E-state index contributed by atoms with van der Waals surface area (Å²) < 4.78 is 6.02. The first-order valence-corrected chi connectivity index (χ1v) is 8.71. The van der Waals surface area contributed by atoms with Crippen LogP contribution in [-0.2, 0) is 4.74 Å². The molecule has 2 aliphatic rings. The zero-order chi connectivity index (χ0) is 15.5. The highest BCUT2D eigenvalue weighted by Gasteiger charge is 2.35. The number of thiazole rings is 1. The molecule has 1 aromatic heterocycles. The number of aryl methyl sites for hydroxylation is 1. The van der Waals surface area contributed by atoms with Crippen molar-refractivity contribution in [3.63, 3.8) is 0 Å². The quantitative estimate of drug-likeness (QED) is 0.797. The van der Waals surface area contributed by atoms with Crippen LogP contribution in [0.4, 0.5) is 0 Å². The first-order chi connectivity index (χ1) is 10.7. The lowest BCUT2D eigenvalue weighted by Gasteiger charge is -2.37. The lowest BCUT2D eigenvalue weighted by atomic mass is 9.93. The van der Waals surface area contributed by atoms with Crippen LogP contribution in [-0.4, -0.2) is 66.1 Å². The average molecular weight is 321 g/mol. The van der Waals surface area contributed by atoms with E-state index in [2.05, 4.69) is 16.5 Å². The zero-order valence-electron chi connectivity index (χ0n) is 13.0. The number of carbonyl (C=O) groups is 1. The zero-order valence-corrected chi connectivity index (χ0v) is 13.8. The molecule has 0 aromatic carbocycles. The fourth-order valence-electron chi connectivity index (χ4n) is 3.28. The number of aromatic nitrogens is 1. The van der Waals surface area contributed by atoms with Crippen LogP contribution in [0, 0.1) is 12.8 Å². The molecule has 3 rings (SSSR count). The molecule has 2 saturated heterocycles. The van der Waals surface area contributed by atoms with Gasteiger partial charge in [-0.25, -0.2) is 4.98 Å². The summed E-state index contributed by atoms with van der Waals surface area (Å²) in [5, 5.41) is 2.78. The Morgan fingerprint density at radius 1 is 1.55 bits per heavy atom. The maximum absolute atomic E-state index is 12.5. The number of amides is 1. The van der Waals surface area contributed by atoms with Gasteiger partial charge in [-0.2, -0.15) is 0 Å². The van der Waals surface area contributed by atoms with Crippen LogP contribution in [0.2, 0.25) is 0 Å². The second kappa shape index (κ2) is 6.89. The molecule has 2 atom stereocenters. The van der Waals surface area contributed by atoms with E-state index in [0.717, 1.165) is 44.2 Å². The van der Waals surface area contributed by atoms with Crippen LogP contribution >= 0.6 is 11.3 Å². The van der Waals surface area contributed by atoms with Gasteiger partial charge in [0.1, 0.15) is 5.69 Å². The molecule has 22 heavy (non-hydrogen) atoms. The molecule has 2 unspecified atom stereocenters. The summed E-state index contributed by atoms with van der Waals surface area (Å²) in [6, 6.07) is 0. The van der Waals surface area contributed by atoms with Crippen molar-refractivity contribution in [1.82, 2.24) is 14.8 Å². The SMILES string of the molecule is C=CCN1CCOC2CN(C(=O)c3csc(C)n3)CCC2C1. The van der Waals surface area contributed by atoms with Crippen LogP contribution in [0.25, 0.3) is 0 Å². The maximum atomic E-state index is 12.5. The van der Waals surface area contributed by atoms with Gasteiger partial charge in [-0.3, -0.25) is 9.69 Å². The summed E-state index contributed by atoms with van der Waals surface area (Å²) in [4.78, 5) is 21.1. The monoisotopic (exact) mass is 321 g/mol. The minimum absolute atomic E-state index is 0.0404. The molecule has 1 amide bonds. The molecule has 120 valence electrons. The molecule has 2 aliphatic heterocycles. The van der Waals surface area contributed by atoms with E-state index < -0.39 is 0 Å². The average Bonchev–Trinajstić information content (AvgIpc) is 2.84. The number of likely N-dealkylation sites (tertiary alicyclic amines) is 1. The Kier molecular flexibility index (Phi) is 4.90. The molecule has 0 spiro atoms. The third kappa shape index (κ3) is 3.39. The molecule has 2 fully saturated rings. The van der Waals surface area contributed by atoms with Gasteiger partial charge in [-0.15, -0.1) is 17.9 Å². The van der Waals surface area contributed by atoms with Crippen molar-refractivity contribution in [1.29, 1.82) is 0 Å². The number of rotatable bonds is 3. The molecule has 1 aromatic rings. The largest absolute Gasteiger partial charge is 0.375 e. The van der Waals surface area contributed by atoms with Crippen molar-refractivity contribution in [3.8, 4) is 0 Å². The Morgan fingerprint density at radius 3 is 3.14 bits per heavy atom. The minimum atomic E-state index is 0.0404. The van der Waals surface area contributed by atoms with Crippen molar-refractivity contribution in [2.24, 2.45) is 5.92 Å². The molecule has 0 N–H and O–H groups in total. The van der Waals surface area contributed by atoms with E-state index in [1.807, 2.05) is 23.3 Å². The second-order valence-corrected chi connectivity index (χ2v) is 7.07. The molecule has 5 nitrogen and oxygen atoms in total. The predicted molar refractivity (Wildman–Crippen MR) is 87.2 cm³/mol. The molecular weight excluding hydrogens is 298 g/mol. The van der Waals surface area contributed by atoms with Crippen LogP contribution in [0.3, 0.4) is 0 Å². The Hall–Kier alpha value is -1.24. The van der Waals surface area contributed by atoms with Gasteiger partial charge in [0.25, 0.3) is 5.91 Å². The Bertz CT molecular complexity index is 545. The number of fused-ring (bicyclic) bond motifs is 1. The number of ether oxygens (including phenoxy) is 1. The van der Waals surface area contributed by atoms with Gasteiger partial charge < -0.3 is 9.64 Å². The summed E-state index contributed by atoms with van der Waals surface area (Å²) >= 11 is 1.52. The smallest absolute Gasteiger partial charge is 0.273 e. The van der Waals surface area contributed by atoms with Gasteiger partial charge in [-0.05, 0) is 13.3 Å². The normalized spacial score (nSPS) is 26.3. The van der Waals surface area contributed by atoms with Crippen LogP contribution in [0.1, 0.15) is 21.9 Å². The minimum Gasteiger partial charge on any atom is -0.375 e. The van der Waals surface area contributed by atoms with Gasteiger partial charge in [0.15, 0.2) is 0 Å². The van der Waals surface area contributed by atoms with Gasteiger partial charge in [0, 0.05) is 44.0 Å². The van der Waals surface area contributed by atoms with Crippen molar-refractivity contribution < 1.29 is 9.53 Å². The fraction of sp³-hybridized carbons (Fsp3) is 0.625. The van der Waals surface area contributed by atoms with Gasteiger partial charge in [0.2, 0.25) is 0 Å². The van der Waals surface area contributed by atoms with Crippen molar-refractivity contribution in [2.75, 3.05) is 39.3 Å². The van der Waals surface area contributed by atoms with Crippen LogP contribution < -0.4 is 0 Å². The van der Waals surface area contributed by atoms with E-state index in [1.54, 1.807) is 0 Å². The highest BCUT2D eigenvalue weighted by molar-refractivity contribution is 7.09. The second-order valence-electron chi connectivity index (χ2n) is 6.01. The number of hydrogen-bond donors (Lipinski definition) is 0. The highest BCUT2D eigenvalue weighted by Crippen LogP contribution is 2.25. The standard InChI is InChI=1S/C16H23N3O2S/c1-3-5-18-7-8-21-15-10-19(6-4-13(15)9-18)16(20)14-11-22-12(2)17-14/h3,11,13,15H,1,4-10H2,2H3. The first kappa shape index (κ1) is 15.6. The Balaban J connectivity index is 1.64. The molecule has 3 heterocycles. The molecule has 0 radical (unpaired) electrons. The fourth-order valence-corrected chi connectivity index (χ4v) is 3.86. The number of nitrogens with zero attached hydrogens (tertiary/aromatic N) is 3. The summed E-state index contributed by atoms with van der Waals surface area (Å²) in [7, 11) is 0.